The minimum absolute atomic E-state index is 0.294. The number of hydrogen-bond donors (Lipinski definition) is 1. The van der Waals surface area contributed by atoms with E-state index in [0.29, 0.717) is 12.1 Å². The van der Waals surface area contributed by atoms with E-state index in [0.717, 1.165) is 38.5 Å². The summed E-state index contributed by atoms with van der Waals surface area (Å²) in [6, 6.07) is 8.65. The summed E-state index contributed by atoms with van der Waals surface area (Å²) in [6.07, 6.45) is 0.294. The monoisotopic (exact) mass is 278 g/mol. The average molecular weight is 278 g/mol. The van der Waals surface area contributed by atoms with Crippen molar-refractivity contribution in [3.8, 4) is 5.75 Å². The number of hydrogen-bond acceptors (Lipinski definition) is 4. The zero-order valence-electron chi connectivity index (χ0n) is 12.8. The van der Waals surface area contributed by atoms with Gasteiger partial charge in [0, 0.05) is 31.7 Å². The van der Waals surface area contributed by atoms with E-state index in [1.165, 1.54) is 5.56 Å². The second kappa shape index (κ2) is 7.62. The summed E-state index contributed by atoms with van der Waals surface area (Å²) < 4.78 is 11.2. The van der Waals surface area contributed by atoms with Crippen molar-refractivity contribution >= 4 is 0 Å². The quantitative estimate of drug-likeness (QED) is 0.863. The first-order valence-corrected chi connectivity index (χ1v) is 7.41. The normalized spacial score (nSPS) is 20.3. The fourth-order valence-electron chi connectivity index (χ4n) is 2.67. The summed E-state index contributed by atoms with van der Waals surface area (Å²) >= 11 is 0. The molecule has 2 rings (SSSR count). The lowest BCUT2D eigenvalue weighted by atomic mass is 10.0. The number of nitrogens with one attached hydrogen (secondary N) is 1. The molecule has 112 valence electrons. The summed E-state index contributed by atoms with van der Waals surface area (Å²) in [5, 5.41) is 3.48. The van der Waals surface area contributed by atoms with Crippen LogP contribution in [0.25, 0.3) is 0 Å². The Hall–Kier alpha value is -1.10. The Balaban J connectivity index is 2.06. The van der Waals surface area contributed by atoms with Gasteiger partial charge in [-0.05, 0) is 19.9 Å². The SMILES string of the molecule is COc1ccccc1C1CNCCN1CCOC(C)C. The number of rotatable bonds is 6. The predicted molar refractivity (Wildman–Crippen MR) is 81.3 cm³/mol. The molecule has 20 heavy (non-hydrogen) atoms. The lowest BCUT2D eigenvalue weighted by molar-refractivity contribution is 0.0426. The van der Waals surface area contributed by atoms with E-state index in [4.69, 9.17) is 9.47 Å². The van der Waals surface area contributed by atoms with Crippen molar-refractivity contribution in [3.05, 3.63) is 29.8 Å². The summed E-state index contributed by atoms with van der Waals surface area (Å²) in [5.74, 6) is 0.968. The van der Waals surface area contributed by atoms with Crippen LogP contribution in [0.4, 0.5) is 0 Å². The summed E-state index contributed by atoms with van der Waals surface area (Å²) in [4.78, 5) is 2.48. The molecule has 0 spiro atoms. The topological polar surface area (TPSA) is 33.7 Å². The van der Waals surface area contributed by atoms with Crippen LogP contribution < -0.4 is 10.1 Å². The molecule has 4 heteroatoms. The van der Waals surface area contributed by atoms with Gasteiger partial charge in [-0.2, -0.15) is 0 Å². The van der Waals surface area contributed by atoms with Crippen LogP contribution in [0.1, 0.15) is 25.5 Å². The largest absolute Gasteiger partial charge is 0.496 e. The van der Waals surface area contributed by atoms with E-state index in [2.05, 4.69) is 36.2 Å². The third-order valence-corrected chi connectivity index (χ3v) is 3.68. The first-order valence-electron chi connectivity index (χ1n) is 7.41. The second-order valence-corrected chi connectivity index (χ2v) is 5.42. The molecule has 1 atom stereocenters. The van der Waals surface area contributed by atoms with Crippen molar-refractivity contribution in [3.63, 3.8) is 0 Å². The molecule has 1 unspecified atom stereocenters. The third-order valence-electron chi connectivity index (χ3n) is 3.68. The molecule has 4 nitrogen and oxygen atoms in total. The van der Waals surface area contributed by atoms with Gasteiger partial charge in [-0.15, -0.1) is 0 Å². The average Bonchev–Trinajstić information content (AvgIpc) is 2.47. The van der Waals surface area contributed by atoms with Crippen LogP contribution in [0, 0.1) is 0 Å². The minimum Gasteiger partial charge on any atom is -0.496 e. The van der Waals surface area contributed by atoms with Crippen LogP contribution in [0.2, 0.25) is 0 Å². The number of benzene rings is 1. The first kappa shape index (κ1) is 15.3. The van der Waals surface area contributed by atoms with Gasteiger partial charge in [-0.1, -0.05) is 18.2 Å². The molecule has 1 fully saturated rings. The van der Waals surface area contributed by atoms with Crippen molar-refractivity contribution in [2.45, 2.75) is 26.0 Å². The molecule has 1 aliphatic rings. The Morgan fingerprint density at radius 2 is 2.15 bits per heavy atom. The molecule has 1 aromatic rings. The Bertz CT molecular complexity index is 409. The van der Waals surface area contributed by atoms with Gasteiger partial charge in [0.25, 0.3) is 0 Å². The van der Waals surface area contributed by atoms with Crippen molar-refractivity contribution in [2.24, 2.45) is 0 Å². The van der Waals surface area contributed by atoms with E-state index < -0.39 is 0 Å². The number of para-hydroxylation sites is 1. The van der Waals surface area contributed by atoms with Crippen LogP contribution in [-0.4, -0.2) is 50.9 Å². The zero-order valence-corrected chi connectivity index (χ0v) is 12.8. The Kier molecular flexibility index (Phi) is 5.83. The molecule has 0 saturated carbocycles. The van der Waals surface area contributed by atoms with Gasteiger partial charge < -0.3 is 14.8 Å². The Morgan fingerprint density at radius 1 is 1.35 bits per heavy atom. The first-order chi connectivity index (χ1) is 9.72. The van der Waals surface area contributed by atoms with E-state index in [9.17, 15) is 0 Å². The Morgan fingerprint density at radius 3 is 2.90 bits per heavy atom. The van der Waals surface area contributed by atoms with Crippen LogP contribution in [-0.2, 0) is 4.74 Å². The summed E-state index contributed by atoms with van der Waals surface area (Å²) in [5.41, 5.74) is 1.26. The van der Waals surface area contributed by atoms with Crippen molar-refractivity contribution in [2.75, 3.05) is 39.9 Å². The fourth-order valence-corrected chi connectivity index (χ4v) is 2.67. The maximum absolute atomic E-state index is 5.69. The number of methoxy groups -OCH3 is 1. The molecule has 0 bridgehead atoms. The van der Waals surface area contributed by atoms with Gasteiger partial charge in [-0.25, -0.2) is 0 Å². The molecular weight excluding hydrogens is 252 g/mol. The molecule has 0 amide bonds. The van der Waals surface area contributed by atoms with Crippen molar-refractivity contribution < 1.29 is 9.47 Å². The molecule has 1 heterocycles. The molecule has 1 aromatic carbocycles. The number of piperazine rings is 1. The van der Waals surface area contributed by atoms with E-state index in [-0.39, 0.29) is 0 Å². The molecule has 1 N–H and O–H groups in total. The van der Waals surface area contributed by atoms with E-state index in [1.54, 1.807) is 7.11 Å². The van der Waals surface area contributed by atoms with Crippen molar-refractivity contribution in [1.82, 2.24) is 10.2 Å². The van der Waals surface area contributed by atoms with Crippen LogP contribution in [0.5, 0.6) is 5.75 Å². The lowest BCUT2D eigenvalue weighted by Gasteiger charge is -2.37. The van der Waals surface area contributed by atoms with E-state index in [1.807, 2.05) is 12.1 Å². The molecular formula is C16H26N2O2. The minimum atomic E-state index is 0.294. The smallest absolute Gasteiger partial charge is 0.123 e. The highest BCUT2D eigenvalue weighted by molar-refractivity contribution is 5.36. The van der Waals surface area contributed by atoms with Gasteiger partial charge in [0.05, 0.1) is 25.9 Å². The molecule has 0 radical (unpaired) electrons. The highest BCUT2D eigenvalue weighted by Gasteiger charge is 2.25. The fraction of sp³-hybridized carbons (Fsp3) is 0.625. The predicted octanol–water partition coefficient (Wildman–Crippen LogP) is 2.07. The van der Waals surface area contributed by atoms with Gasteiger partial charge in [0.1, 0.15) is 5.75 Å². The second-order valence-electron chi connectivity index (χ2n) is 5.42. The molecule has 1 aliphatic heterocycles. The van der Waals surface area contributed by atoms with Gasteiger partial charge >= 0.3 is 0 Å². The maximum atomic E-state index is 5.69. The zero-order chi connectivity index (χ0) is 14.4. The summed E-state index contributed by atoms with van der Waals surface area (Å²) in [7, 11) is 1.74. The Labute approximate surface area is 122 Å². The highest BCUT2D eigenvalue weighted by Crippen LogP contribution is 2.29. The van der Waals surface area contributed by atoms with Crippen LogP contribution >= 0.6 is 0 Å². The lowest BCUT2D eigenvalue weighted by Crippen LogP contribution is -2.47. The molecule has 1 saturated heterocycles. The van der Waals surface area contributed by atoms with Gasteiger partial charge in [0.2, 0.25) is 0 Å². The molecule has 0 aromatic heterocycles. The number of ether oxygens (including phenoxy) is 2. The van der Waals surface area contributed by atoms with Gasteiger partial charge in [0.15, 0.2) is 0 Å². The van der Waals surface area contributed by atoms with Crippen LogP contribution in [0.3, 0.4) is 0 Å². The maximum Gasteiger partial charge on any atom is 0.123 e. The third kappa shape index (κ3) is 3.95. The van der Waals surface area contributed by atoms with E-state index >= 15 is 0 Å². The highest BCUT2D eigenvalue weighted by atomic mass is 16.5. The van der Waals surface area contributed by atoms with Crippen LogP contribution in [0.15, 0.2) is 24.3 Å². The number of nitrogens with zero attached hydrogens (tertiary/aromatic N) is 1. The molecule has 0 aliphatic carbocycles. The van der Waals surface area contributed by atoms with Gasteiger partial charge in [-0.3, -0.25) is 4.90 Å². The standard InChI is InChI=1S/C16H26N2O2/c1-13(2)20-11-10-18-9-8-17-12-15(18)14-6-4-5-7-16(14)19-3/h4-7,13,15,17H,8-12H2,1-3H3. The van der Waals surface area contributed by atoms with Crippen molar-refractivity contribution in [1.29, 1.82) is 0 Å². The summed E-state index contributed by atoms with van der Waals surface area (Å²) in [6.45, 7) is 8.94.